The minimum atomic E-state index is -2.28. The molecule has 0 radical (unpaired) electrons. The van der Waals surface area contributed by atoms with E-state index in [1.54, 1.807) is 7.11 Å². The van der Waals surface area contributed by atoms with Crippen LogP contribution in [0.15, 0.2) is 0 Å². The summed E-state index contributed by atoms with van der Waals surface area (Å²) < 4.78 is 12.1. The summed E-state index contributed by atoms with van der Waals surface area (Å²) in [6.45, 7) is 19.6. The van der Waals surface area contributed by atoms with Crippen molar-refractivity contribution in [1.29, 1.82) is 0 Å². The van der Waals surface area contributed by atoms with Gasteiger partial charge in [0.05, 0.1) is 6.10 Å². The molecule has 6 heteroatoms. The fourth-order valence-corrected chi connectivity index (χ4v) is 5.56. The molecule has 0 aliphatic heterocycles. The summed E-state index contributed by atoms with van der Waals surface area (Å²) in [5.41, 5.74) is 0. The zero-order valence-corrected chi connectivity index (χ0v) is 20.2. The Labute approximate surface area is 157 Å². The summed E-state index contributed by atoms with van der Waals surface area (Å²) in [6.07, 6.45) is 3.00. The highest BCUT2D eigenvalue weighted by Crippen LogP contribution is 2.48. The van der Waals surface area contributed by atoms with Gasteiger partial charge in [0.2, 0.25) is 0 Å². The fraction of sp³-hybridized carbons (Fsp3) is 1.00. The van der Waals surface area contributed by atoms with Crippen LogP contribution in [0.25, 0.3) is 0 Å². The Kier molecular flexibility index (Phi) is 6.86. The van der Waals surface area contributed by atoms with Crippen molar-refractivity contribution < 1.29 is 19.1 Å². The molecule has 0 aromatic rings. The first kappa shape index (κ1) is 23.3. The normalized spacial score (nSPS) is 29.8. The largest absolute Gasteiger partial charge is 0.432 e. The van der Waals surface area contributed by atoms with Crippen molar-refractivity contribution in [3.63, 3.8) is 0 Å². The Bertz CT molecular complexity index is 413. The number of methoxy groups -OCH3 is 1. The quantitative estimate of drug-likeness (QED) is 0.501. The van der Waals surface area contributed by atoms with Gasteiger partial charge in [-0.25, -0.2) is 0 Å². The molecule has 0 saturated heterocycles. The average Bonchev–Trinajstić information content (AvgIpc) is 2.34. The standard InChI is InChI=1S/C19H42O4Si2/c1-17(2,3)25(9,10)23-16-11-15(13-19(20,14-16)22-6)12-18(4,5)24(7,8)21/h15-16,20-21H,11-14H2,1-10H3/t15?,16-,19+/m0/s1. The maximum Gasteiger partial charge on any atom is 0.192 e. The van der Waals surface area contributed by atoms with E-state index in [4.69, 9.17) is 9.16 Å². The van der Waals surface area contributed by atoms with E-state index in [0.717, 1.165) is 12.8 Å². The van der Waals surface area contributed by atoms with E-state index in [9.17, 15) is 9.90 Å². The van der Waals surface area contributed by atoms with Gasteiger partial charge in [0.1, 0.15) is 0 Å². The molecule has 1 unspecified atom stereocenters. The molecule has 4 nitrogen and oxygen atoms in total. The summed E-state index contributed by atoms with van der Waals surface area (Å²) in [6, 6.07) is 0. The van der Waals surface area contributed by atoms with Gasteiger partial charge in [-0.05, 0) is 55.0 Å². The topological polar surface area (TPSA) is 58.9 Å². The third kappa shape index (κ3) is 5.88. The summed E-state index contributed by atoms with van der Waals surface area (Å²) in [5.74, 6) is -0.824. The fourth-order valence-electron chi connectivity index (χ4n) is 3.41. The Morgan fingerprint density at radius 1 is 1.04 bits per heavy atom. The number of hydrogen-bond acceptors (Lipinski definition) is 4. The Morgan fingerprint density at radius 3 is 1.96 bits per heavy atom. The zero-order chi connectivity index (χ0) is 19.9. The van der Waals surface area contributed by atoms with Crippen LogP contribution in [0.2, 0.25) is 36.3 Å². The Hall–Kier alpha value is 0.274. The number of hydrogen-bond donors (Lipinski definition) is 2. The third-order valence-electron chi connectivity index (χ3n) is 6.85. The Morgan fingerprint density at radius 2 is 1.56 bits per heavy atom. The van der Waals surface area contributed by atoms with Crippen molar-refractivity contribution >= 4 is 16.6 Å². The van der Waals surface area contributed by atoms with Gasteiger partial charge >= 0.3 is 0 Å². The van der Waals surface area contributed by atoms with Crippen LogP contribution in [0.1, 0.15) is 60.3 Å². The van der Waals surface area contributed by atoms with Gasteiger partial charge in [-0.15, -0.1) is 0 Å². The molecular formula is C19H42O4Si2. The molecule has 1 saturated carbocycles. The van der Waals surface area contributed by atoms with Crippen LogP contribution in [0, 0.1) is 5.92 Å². The molecule has 1 fully saturated rings. The molecule has 1 aliphatic carbocycles. The van der Waals surface area contributed by atoms with Gasteiger partial charge in [-0.1, -0.05) is 34.6 Å². The van der Waals surface area contributed by atoms with E-state index < -0.39 is 22.4 Å². The van der Waals surface area contributed by atoms with Gasteiger partial charge in [0.25, 0.3) is 0 Å². The van der Waals surface area contributed by atoms with Crippen LogP contribution < -0.4 is 0 Å². The molecule has 0 spiro atoms. The average molecular weight is 391 g/mol. The number of rotatable bonds is 6. The first-order chi connectivity index (χ1) is 10.9. The molecule has 0 amide bonds. The van der Waals surface area contributed by atoms with Crippen LogP contribution >= 0.6 is 0 Å². The zero-order valence-electron chi connectivity index (χ0n) is 18.2. The van der Waals surface area contributed by atoms with Crippen LogP contribution in [-0.4, -0.2) is 45.5 Å². The van der Waals surface area contributed by atoms with Crippen molar-refractivity contribution in [2.24, 2.45) is 5.92 Å². The lowest BCUT2D eigenvalue weighted by Crippen LogP contribution is -2.51. The van der Waals surface area contributed by atoms with Crippen LogP contribution in [0.4, 0.5) is 0 Å². The first-order valence-electron chi connectivity index (χ1n) is 9.60. The van der Waals surface area contributed by atoms with E-state index in [1.807, 2.05) is 13.1 Å². The van der Waals surface area contributed by atoms with E-state index in [0.29, 0.717) is 18.8 Å². The second kappa shape index (κ2) is 7.36. The van der Waals surface area contributed by atoms with Gasteiger partial charge in [-0.3, -0.25) is 0 Å². The molecule has 0 aromatic heterocycles. The van der Waals surface area contributed by atoms with E-state index in [-0.39, 0.29) is 16.2 Å². The van der Waals surface area contributed by atoms with Gasteiger partial charge < -0.3 is 19.1 Å². The molecule has 3 atom stereocenters. The van der Waals surface area contributed by atoms with Crippen LogP contribution in [0.3, 0.4) is 0 Å². The van der Waals surface area contributed by atoms with Crippen molar-refractivity contribution in [2.75, 3.05) is 7.11 Å². The minimum Gasteiger partial charge on any atom is -0.432 e. The highest BCUT2D eigenvalue weighted by molar-refractivity contribution is 6.74. The predicted octanol–water partition coefficient (Wildman–Crippen LogP) is 4.88. The van der Waals surface area contributed by atoms with Gasteiger partial charge in [-0.2, -0.15) is 0 Å². The van der Waals surface area contributed by atoms with Crippen molar-refractivity contribution in [3.8, 4) is 0 Å². The van der Waals surface area contributed by atoms with E-state index >= 15 is 0 Å². The van der Waals surface area contributed by atoms with Gasteiger partial charge in [0, 0.05) is 20.0 Å². The van der Waals surface area contributed by atoms with Crippen LogP contribution in [0.5, 0.6) is 0 Å². The molecular weight excluding hydrogens is 348 g/mol. The van der Waals surface area contributed by atoms with E-state index in [1.165, 1.54) is 0 Å². The second-order valence-electron chi connectivity index (χ2n) is 10.8. The second-order valence-corrected chi connectivity index (χ2v) is 20.0. The number of ether oxygens (including phenoxy) is 1. The van der Waals surface area contributed by atoms with E-state index in [2.05, 4.69) is 47.7 Å². The molecule has 150 valence electrons. The smallest absolute Gasteiger partial charge is 0.192 e. The molecule has 1 aliphatic rings. The lowest BCUT2D eigenvalue weighted by atomic mass is 9.78. The third-order valence-corrected chi connectivity index (χ3v) is 14.9. The van der Waals surface area contributed by atoms with Crippen molar-refractivity contribution in [3.05, 3.63) is 0 Å². The van der Waals surface area contributed by atoms with Crippen LogP contribution in [-0.2, 0) is 9.16 Å². The SMILES string of the molecule is CO[C@]1(O)CC(CC(C)(C)[Si](C)(C)O)C[C@H](O[Si](C)(C)C(C)(C)C)C1. The number of aliphatic hydroxyl groups is 1. The predicted molar refractivity (Wildman–Crippen MR) is 110 cm³/mol. The minimum absolute atomic E-state index is 0.0175. The maximum atomic E-state index is 10.9. The molecule has 1 rings (SSSR count). The summed E-state index contributed by atoms with van der Waals surface area (Å²) in [5, 5.41) is 10.9. The summed E-state index contributed by atoms with van der Waals surface area (Å²) in [7, 11) is -2.59. The lowest BCUT2D eigenvalue weighted by molar-refractivity contribution is -0.228. The van der Waals surface area contributed by atoms with Gasteiger partial charge in [0.15, 0.2) is 22.4 Å². The first-order valence-corrected chi connectivity index (χ1v) is 15.5. The highest BCUT2D eigenvalue weighted by Gasteiger charge is 2.47. The molecule has 2 N–H and O–H groups in total. The molecule has 0 heterocycles. The summed E-state index contributed by atoms with van der Waals surface area (Å²) in [4.78, 5) is 10.6. The van der Waals surface area contributed by atoms with Crippen molar-refractivity contribution in [1.82, 2.24) is 0 Å². The lowest BCUT2D eigenvalue weighted by Gasteiger charge is -2.47. The summed E-state index contributed by atoms with van der Waals surface area (Å²) >= 11 is 0. The van der Waals surface area contributed by atoms with Crippen molar-refractivity contribution in [2.45, 2.75) is 108 Å². The highest BCUT2D eigenvalue weighted by atomic mass is 28.4. The molecule has 0 bridgehead atoms. The Balaban J connectivity index is 2.96. The monoisotopic (exact) mass is 390 g/mol. The molecule has 25 heavy (non-hydrogen) atoms. The molecule has 0 aromatic carbocycles. The maximum absolute atomic E-state index is 10.9.